The van der Waals surface area contributed by atoms with E-state index in [2.05, 4.69) is 21.1 Å². The smallest absolute Gasteiger partial charge is 0.152 e. The summed E-state index contributed by atoms with van der Waals surface area (Å²) in [4.78, 5) is 18.8. The lowest BCUT2D eigenvalue weighted by Crippen LogP contribution is -1.92. The molecule has 3 aromatic heterocycles. The minimum absolute atomic E-state index is 0.0528. The lowest BCUT2D eigenvalue weighted by atomic mass is 10.1. The van der Waals surface area contributed by atoms with Crippen molar-refractivity contribution in [3.05, 3.63) is 78.9 Å². The number of aromatic amines is 1. The molecule has 26 heavy (non-hydrogen) atoms. The van der Waals surface area contributed by atoms with Gasteiger partial charge in [-0.1, -0.05) is 24.3 Å². The molecule has 0 radical (unpaired) electrons. The summed E-state index contributed by atoms with van der Waals surface area (Å²) in [5.74, 6) is 0.0528. The maximum absolute atomic E-state index is 11.1. The topological polar surface area (TPSA) is 63.6 Å². The van der Waals surface area contributed by atoms with E-state index in [1.165, 1.54) is 0 Å². The number of allylic oxidation sites excluding steroid dienone is 2. The van der Waals surface area contributed by atoms with Crippen LogP contribution in [0.4, 0.5) is 0 Å². The number of rotatable bonds is 5. The van der Waals surface area contributed by atoms with E-state index in [0.29, 0.717) is 6.42 Å². The Hall–Kier alpha value is -3.47. The van der Waals surface area contributed by atoms with Crippen molar-refractivity contribution in [1.82, 2.24) is 19.7 Å². The first kappa shape index (κ1) is 16.0. The van der Waals surface area contributed by atoms with Crippen LogP contribution in [0.2, 0.25) is 0 Å². The van der Waals surface area contributed by atoms with E-state index in [4.69, 9.17) is 0 Å². The highest BCUT2D eigenvalue weighted by molar-refractivity contribution is 5.88. The summed E-state index contributed by atoms with van der Waals surface area (Å²) >= 11 is 0. The van der Waals surface area contributed by atoms with Crippen LogP contribution in [0.25, 0.3) is 27.8 Å². The van der Waals surface area contributed by atoms with Crippen molar-refractivity contribution in [2.75, 3.05) is 0 Å². The first-order valence-electron chi connectivity index (χ1n) is 8.44. The van der Waals surface area contributed by atoms with E-state index in [1.807, 2.05) is 65.9 Å². The molecule has 0 fully saturated rings. The minimum atomic E-state index is 0.0528. The Morgan fingerprint density at radius 3 is 2.85 bits per heavy atom. The third-order valence-corrected chi connectivity index (χ3v) is 4.24. The molecule has 4 aromatic rings. The van der Waals surface area contributed by atoms with Crippen LogP contribution in [0.15, 0.2) is 73.3 Å². The molecule has 5 heteroatoms. The number of benzene rings is 1. The van der Waals surface area contributed by atoms with Gasteiger partial charge in [0.15, 0.2) is 5.78 Å². The van der Waals surface area contributed by atoms with Crippen molar-refractivity contribution >= 4 is 16.8 Å². The first-order valence-corrected chi connectivity index (χ1v) is 8.44. The molecule has 1 aromatic carbocycles. The number of fused-ring (bicyclic) bond motifs is 1. The molecule has 5 nitrogen and oxygen atoms in total. The van der Waals surface area contributed by atoms with Crippen LogP contribution in [0.1, 0.15) is 12.5 Å². The molecule has 3 heterocycles. The molecule has 0 aliphatic heterocycles. The fourth-order valence-electron chi connectivity index (χ4n) is 2.93. The molecular formula is C21H18N4O. The van der Waals surface area contributed by atoms with Gasteiger partial charge in [0.05, 0.1) is 11.9 Å². The molecule has 0 spiro atoms. The third kappa shape index (κ3) is 3.19. The number of carbonyl (C=O) groups excluding carboxylic acids is 1. The Morgan fingerprint density at radius 2 is 2.04 bits per heavy atom. The summed E-state index contributed by atoms with van der Waals surface area (Å²) in [6.45, 7) is 1.55. The Bertz CT molecular complexity index is 1090. The number of nitrogens with zero attached hydrogens (tertiary/aromatic N) is 3. The van der Waals surface area contributed by atoms with E-state index in [1.54, 1.807) is 13.0 Å². The van der Waals surface area contributed by atoms with Gasteiger partial charge in [-0.25, -0.2) is 9.67 Å². The monoisotopic (exact) mass is 342 g/mol. The fraction of sp³-hybridized carbons (Fsp3) is 0.0952. The molecule has 0 atom stereocenters. The molecule has 0 aliphatic carbocycles. The Morgan fingerprint density at radius 1 is 1.19 bits per heavy atom. The van der Waals surface area contributed by atoms with E-state index >= 15 is 0 Å². The van der Waals surface area contributed by atoms with Gasteiger partial charge in [0.25, 0.3) is 0 Å². The molecule has 4 rings (SSSR count). The number of pyridine rings is 1. The number of aromatic nitrogens is 4. The predicted octanol–water partition coefficient (Wildman–Crippen LogP) is 4.10. The highest BCUT2D eigenvalue weighted by atomic mass is 16.1. The van der Waals surface area contributed by atoms with Gasteiger partial charge in [0.1, 0.15) is 5.65 Å². The largest absolute Gasteiger partial charge is 0.346 e. The highest BCUT2D eigenvalue weighted by Crippen LogP contribution is 2.25. The summed E-state index contributed by atoms with van der Waals surface area (Å²) in [5, 5.41) is 5.51. The summed E-state index contributed by atoms with van der Waals surface area (Å²) < 4.78 is 1.85. The Labute approximate surface area is 151 Å². The molecule has 0 unspecified atom stereocenters. The van der Waals surface area contributed by atoms with Crippen molar-refractivity contribution in [2.45, 2.75) is 13.3 Å². The zero-order chi connectivity index (χ0) is 17.9. The number of nitrogens with one attached hydrogen (secondary N) is 1. The van der Waals surface area contributed by atoms with Crippen LogP contribution in [0.3, 0.4) is 0 Å². The Kier molecular flexibility index (Phi) is 4.19. The average Bonchev–Trinajstić information content (AvgIpc) is 3.29. The van der Waals surface area contributed by atoms with Crippen molar-refractivity contribution in [2.24, 2.45) is 0 Å². The van der Waals surface area contributed by atoms with E-state index in [0.717, 1.165) is 33.4 Å². The second-order valence-electron chi connectivity index (χ2n) is 6.16. The number of ketones is 1. The highest BCUT2D eigenvalue weighted by Gasteiger charge is 2.08. The van der Waals surface area contributed by atoms with Gasteiger partial charge in [-0.2, -0.15) is 5.10 Å². The van der Waals surface area contributed by atoms with Crippen LogP contribution in [-0.4, -0.2) is 25.5 Å². The fourth-order valence-corrected chi connectivity index (χ4v) is 2.93. The molecule has 0 saturated heterocycles. The molecule has 0 amide bonds. The zero-order valence-electron chi connectivity index (χ0n) is 14.4. The second kappa shape index (κ2) is 6.80. The third-order valence-electron chi connectivity index (χ3n) is 4.24. The van der Waals surface area contributed by atoms with Gasteiger partial charge in [0, 0.05) is 35.1 Å². The van der Waals surface area contributed by atoms with E-state index in [9.17, 15) is 4.79 Å². The molecule has 128 valence electrons. The van der Waals surface area contributed by atoms with Gasteiger partial charge in [0.2, 0.25) is 0 Å². The van der Waals surface area contributed by atoms with Gasteiger partial charge < -0.3 is 4.98 Å². The summed E-state index contributed by atoms with van der Waals surface area (Å²) in [6.07, 6.45) is 11.8. The van der Waals surface area contributed by atoms with Crippen molar-refractivity contribution in [3.8, 4) is 16.8 Å². The number of carbonyl (C=O) groups is 1. The minimum Gasteiger partial charge on any atom is -0.346 e. The molecule has 1 N–H and O–H groups in total. The number of hydrogen-bond acceptors (Lipinski definition) is 3. The molecule has 0 saturated carbocycles. The summed E-state index contributed by atoms with van der Waals surface area (Å²) in [6, 6.07) is 12.1. The van der Waals surface area contributed by atoms with Gasteiger partial charge in [-0.3, -0.25) is 4.79 Å². The number of hydrogen-bond donors (Lipinski definition) is 1. The lowest BCUT2D eigenvalue weighted by molar-refractivity contribution is -0.112. The normalized spacial score (nSPS) is 11.4. The lowest BCUT2D eigenvalue weighted by Gasteiger charge is -2.00. The SMILES string of the molecule is CC(=O)C=CCc1c[nH]c2ncc(-c3cnn(-c4ccccc4)c3)cc12. The number of para-hydroxylation sites is 1. The zero-order valence-corrected chi connectivity index (χ0v) is 14.4. The van der Waals surface area contributed by atoms with Crippen LogP contribution < -0.4 is 0 Å². The maximum Gasteiger partial charge on any atom is 0.152 e. The van der Waals surface area contributed by atoms with Crippen LogP contribution in [-0.2, 0) is 11.2 Å². The van der Waals surface area contributed by atoms with Crippen LogP contribution >= 0.6 is 0 Å². The second-order valence-corrected chi connectivity index (χ2v) is 6.16. The molecule has 0 aliphatic rings. The quantitative estimate of drug-likeness (QED) is 0.555. The van der Waals surface area contributed by atoms with Gasteiger partial charge >= 0.3 is 0 Å². The van der Waals surface area contributed by atoms with Crippen LogP contribution in [0, 0.1) is 0 Å². The van der Waals surface area contributed by atoms with Crippen LogP contribution in [0.5, 0.6) is 0 Å². The number of H-pyrrole nitrogens is 1. The Balaban J connectivity index is 1.67. The summed E-state index contributed by atoms with van der Waals surface area (Å²) in [7, 11) is 0. The first-order chi connectivity index (χ1) is 12.7. The van der Waals surface area contributed by atoms with Gasteiger partial charge in [-0.05, 0) is 43.2 Å². The van der Waals surface area contributed by atoms with E-state index < -0.39 is 0 Å². The maximum atomic E-state index is 11.1. The average molecular weight is 342 g/mol. The van der Waals surface area contributed by atoms with Crippen molar-refractivity contribution in [3.63, 3.8) is 0 Å². The van der Waals surface area contributed by atoms with Crippen molar-refractivity contribution < 1.29 is 4.79 Å². The standard InChI is InChI=1S/C21H18N4O/c1-15(26)6-5-7-16-11-22-21-20(16)10-17(12-23-21)18-13-24-25(14-18)19-8-3-2-4-9-19/h2-6,8-14H,7H2,1H3,(H,22,23). The molecule has 0 bridgehead atoms. The summed E-state index contributed by atoms with van der Waals surface area (Å²) in [5.41, 5.74) is 4.99. The van der Waals surface area contributed by atoms with Crippen molar-refractivity contribution in [1.29, 1.82) is 0 Å². The van der Waals surface area contributed by atoms with E-state index in [-0.39, 0.29) is 5.78 Å². The molecular weight excluding hydrogens is 324 g/mol. The van der Waals surface area contributed by atoms with Gasteiger partial charge in [-0.15, -0.1) is 0 Å². The predicted molar refractivity (Wildman–Crippen MR) is 102 cm³/mol.